The molecule has 0 spiro atoms. The molecule has 2 aromatic rings. The highest BCUT2D eigenvalue weighted by atomic mass is 35.5. The Hall–Kier alpha value is -2.64. The Bertz CT molecular complexity index is 923. The minimum absolute atomic E-state index is 0.0395. The van der Waals surface area contributed by atoms with E-state index in [0.717, 1.165) is 17.3 Å². The number of thioether (sulfide) groups is 1. The second-order valence-electron chi connectivity index (χ2n) is 5.03. The van der Waals surface area contributed by atoms with Crippen LogP contribution in [0, 0.1) is 10.1 Å². The van der Waals surface area contributed by atoms with Gasteiger partial charge in [0.1, 0.15) is 21.5 Å². The maximum atomic E-state index is 12.2. The zero-order chi connectivity index (χ0) is 18.0. The lowest BCUT2D eigenvalue weighted by Gasteiger charge is -2.00. The van der Waals surface area contributed by atoms with Gasteiger partial charge in [0.05, 0.1) is 12.0 Å². The van der Waals surface area contributed by atoms with Gasteiger partial charge in [0.2, 0.25) is 5.12 Å². The summed E-state index contributed by atoms with van der Waals surface area (Å²) in [6, 6.07) is 11.5. The van der Waals surface area contributed by atoms with Crippen molar-refractivity contribution in [3.05, 3.63) is 74.4 Å². The Kier molecular flexibility index (Phi) is 4.87. The van der Waals surface area contributed by atoms with Gasteiger partial charge >= 0.3 is 0 Å². The number of hydrogen-bond donors (Lipinski definition) is 0. The maximum Gasteiger partial charge on any atom is 0.288 e. The quantitative estimate of drug-likeness (QED) is 0.452. The SMILES string of the molecule is COc1ccc(/C=C2/N=C(c3ccc(Cl)c([N+](=O)[O-])c3)SC2=O)cc1. The third-order valence-electron chi connectivity index (χ3n) is 3.43. The normalized spacial score (nSPS) is 15.4. The van der Waals surface area contributed by atoms with Crippen LogP contribution in [0.15, 0.2) is 53.2 Å². The van der Waals surface area contributed by atoms with Crippen molar-refractivity contribution in [2.45, 2.75) is 0 Å². The van der Waals surface area contributed by atoms with Crippen LogP contribution in [0.4, 0.5) is 5.69 Å². The fraction of sp³-hybridized carbons (Fsp3) is 0.0588. The molecular formula is C17H11ClN2O4S. The van der Waals surface area contributed by atoms with E-state index in [9.17, 15) is 14.9 Å². The van der Waals surface area contributed by atoms with E-state index in [2.05, 4.69) is 4.99 Å². The first-order valence-corrected chi connectivity index (χ1v) is 8.28. The zero-order valence-corrected chi connectivity index (χ0v) is 14.5. The van der Waals surface area contributed by atoms with Gasteiger partial charge in [-0.05, 0) is 41.6 Å². The van der Waals surface area contributed by atoms with E-state index in [1.165, 1.54) is 12.1 Å². The standard InChI is InChI=1S/C17H11ClN2O4S/c1-24-12-5-2-10(3-6-12)8-14-17(21)25-16(19-14)11-4-7-13(18)15(9-11)20(22)23/h2-9H,1H3/b14-8+. The summed E-state index contributed by atoms with van der Waals surface area (Å²) in [5.74, 6) is 0.715. The smallest absolute Gasteiger partial charge is 0.288 e. The molecule has 1 aliphatic heterocycles. The molecule has 0 saturated heterocycles. The number of halogens is 1. The Morgan fingerprint density at radius 2 is 1.96 bits per heavy atom. The predicted octanol–water partition coefficient (Wildman–Crippen LogP) is 4.32. The largest absolute Gasteiger partial charge is 0.497 e. The van der Waals surface area contributed by atoms with Crippen LogP contribution in [0.2, 0.25) is 5.02 Å². The molecule has 3 rings (SSSR count). The summed E-state index contributed by atoms with van der Waals surface area (Å²) in [5, 5.41) is 11.2. The number of nitrogens with zero attached hydrogens (tertiary/aromatic N) is 2. The molecule has 0 amide bonds. The lowest BCUT2D eigenvalue weighted by Crippen LogP contribution is -1.96. The molecule has 1 aliphatic rings. The summed E-state index contributed by atoms with van der Waals surface area (Å²) < 4.78 is 5.09. The molecule has 0 fully saturated rings. The number of carbonyl (C=O) groups is 1. The zero-order valence-electron chi connectivity index (χ0n) is 12.9. The number of benzene rings is 2. The second kappa shape index (κ2) is 7.08. The molecule has 8 heteroatoms. The van der Waals surface area contributed by atoms with Gasteiger partial charge in [0.25, 0.3) is 5.69 Å². The van der Waals surface area contributed by atoms with Crippen LogP contribution in [0.1, 0.15) is 11.1 Å². The first-order valence-electron chi connectivity index (χ1n) is 7.09. The number of rotatable bonds is 4. The van der Waals surface area contributed by atoms with Crippen LogP contribution in [-0.2, 0) is 4.79 Å². The molecule has 1 heterocycles. The molecule has 126 valence electrons. The highest BCUT2D eigenvalue weighted by molar-refractivity contribution is 8.27. The second-order valence-corrected chi connectivity index (χ2v) is 6.40. The van der Waals surface area contributed by atoms with Crippen molar-refractivity contribution in [1.82, 2.24) is 0 Å². The van der Waals surface area contributed by atoms with Crippen molar-refractivity contribution in [3.8, 4) is 5.75 Å². The Labute approximate surface area is 152 Å². The number of methoxy groups -OCH3 is 1. The molecule has 0 bridgehead atoms. The average molecular weight is 375 g/mol. The molecule has 2 aromatic carbocycles. The van der Waals surface area contributed by atoms with Gasteiger partial charge in [-0.1, -0.05) is 29.8 Å². The van der Waals surface area contributed by atoms with Crippen molar-refractivity contribution in [2.75, 3.05) is 7.11 Å². The fourth-order valence-corrected chi connectivity index (χ4v) is 3.14. The number of hydrogen-bond acceptors (Lipinski definition) is 6. The summed E-state index contributed by atoms with van der Waals surface area (Å²) in [6.07, 6.45) is 1.66. The minimum Gasteiger partial charge on any atom is -0.497 e. The van der Waals surface area contributed by atoms with Crippen LogP contribution in [0.5, 0.6) is 5.75 Å². The average Bonchev–Trinajstić information content (AvgIpc) is 2.96. The molecule has 0 atom stereocenters. The van der Waals surface area contributed by atoms with Crippen LogP contribution in [-0.4, -0.2) is 22.2 Å². The Morgan fingerprint density at radius 1 is 1.24 bits per heavy atom. The lowest BCUT2D eigenvalue weighted by atomic mass is 10.2. The van der Waals surface area contributed by atoms with Crippen LogP contribution in [0.3, 0.4) is 0 Å². The van der Waals surface area contributed by atoms with E-state index in [0.29, 0.717) is 16.4 Å². The van der Waals surface area contributed by atoms with Crippen molar-refractivity contribution >= 4 is 45.3 Å². The topological polar surface area (TPSA) is 81.8 Å². The highest BCUT2D eigenvalue weighted by Gasteiger charge is 2.25. The van der Waals surface area contributed by atoms with E-state index >= 15 is 0 Å². The number of nitro groups is 1. The van der Waals surface area contributed by atoms with Crippen molar-refractivity contribution in [2.24, 2.45) is 4.99 Å². The van der Waals surface area contributed by atoms with Crippen LogP contribution >= 0.6 is 23.4 Å². The van der Waals surface area contributed by atoms with Gasteiger partial charge in [-0.25, -0.2) is 4.99 Å². The Balaban J connectivity index is 1.93. The Morgan fingerprint density at radius 3 is 2.60 bits per heavy atom. The molecule has 0 saturated carbocycles. The van der Waals surface area contributed by atoms with Crippen molar-refractivity contribution in [1.29, 1.82) is 0 Å². The van der Waals surface area contributed by atoms with Gasteiger partial charge < -0.3 is 4.74 Å². The number of aliphatic imine (C=N–C) groups is 1. The van der Waals surface area contributed by atoms with Crippen LogP contribution < -0.4 is 4.74 Å². The number of carbonyl (C=O) groups excluding carboxylic acids is 1. The summed E-state index contributed by atoms with van der Waals surface area (Å²) in [4.78, 5) is 26.9. The van der Waals surface area contributed by atoms with Gasteiger partial charge in [0.15, 0.2) is 0 Å². The van der Waals surface area contributed by atoms with E-state index in [4.69, 9.17) is 16.3 Å². The number of ether oxygens (including phenoxy) is 1. The summed E-state index contributed by atoms with van der Waals surface area (Å²) in [7, 11) is 1.58. The molecule has 0 N–H and O–H groups in total. The van der Waals surface area contributed by atoms with E-state index in [-0.39, 0.29) is 21.5 Å². The molecular weight excluding hydrogens is 364 g/mol. The van der Waals surface area contributed by atoms with Crippen LogP contribution in [0.25, 0.3) is 6.08 Å². The monoisotopic (exact) mass is 374 g/mol. The van der Waals surface area contributed by atoms with Crippen molar-refractivity contribution in [3.63, 3.8) is 0 Å². The third-order valence-corrected chi connectivity index (χ3v) is 4.66. The predicted molar refractivity (Wildman–Crippen MR) is 98.2 cm³/mol. The molecule has 0 unspecified atom stereocenters. The molecule has 0 aliphatic carbocycles. The van der Waals surface area contributed by atoms with Crippen molar-refractivity contribution < 1.29 is 14.5 Å². The molecule has 25 heavy (non-hydrogen) atoms. The van der Waals surface area contributed by atoms with Gasteiger partial charge in [-0.2, -0.15) is 0 Å². The molecule has 0 aromatic heterocycles. The summed E-state index contributed by atoms with van der Waals surface area (Å²) in [6.45, 7) is 0. The molecule has 6 nitrogen and oxygen atoms in total. The lowest BCUT2D eigenvalue weighted by molar-refractivity contribution is -0.384. The highest BCUT2D eigenvalue weighted by Crippen LogP contribution is 2.32. The first-order chi connectivity index (χ1) is 12.0. The first kappa shape index (κ1) is 17.2. The van der Waals surface area contributed by atoms with Gasteiger partial charge in [-0.3, -0.25) is 14.9 Å². The number of nitro benzene ring substituents is 1. The van der Waals surface area contributed by atoms with Gasteiger partial charge in [0, 0.05) is 11.6 Å². The third kappa shape index (κ3) is 3.72. The van der Waals surface area contributed by atoms with E-state index < -0.39 is 4.92 Å². The summed E-state index contributed by atoms with van der Waals surface area (Å²) >= 11 is 6.74. The fourth-order valence-electron chi connectivity index (χ4n) is 2.18. The maximum absolute atomic E-state index is 12.2. The minimum atomic E-state index is -0.568. The van der Waals surface area contributed by atoms with E-state index in [1.807, 2.05) is 12.1 Å². The van der Waals surface area contributed by atoms with E-state index in [1.54, 1.807) is 31.4 Å². The van der Waals surface area contributed by atoms with Gasteiger partial charge in [-0.15, -0.1) is 0 Å². The summed E-state index contributed by atoms with van der Waals surface area (Å²) in [5.41, 5.74) is 1.34. The molecule has 0 radical (unpaired) electrons.